The molecule has 0 amide bonds. The van der Waals surface area contributed by atoms with Gasteiger partial charge in [-0.05, 0) is 33.0 Å². The summed E-state index contributed by atoms with van der Waals surface area (Å²) in [6, 6.07) is 1.73. The SMILES string of the molecule is CCC(CC)(C(O)c1cnccc1N)N(C)C. The van der Waals surface area contributed by atoms with Gasteiger partial charge in [0.05, 0.1) is 5.54 Å². The smallest absolute Gasteiger partial charge is 0.101 e. The van der Waals surface area contributed by atoms with Crippen molar-refractivity contribution in [2.45, 2.75) is 38.3 Å². The second-order valence-corrected chi connectivity index (χ2v) is 4.61. The van der Waals surface area contributed by atoms with E-state index in [0.29, 0.717) is 11.3 Å². The summed E-state index contributed by atoms with van der Waals surface area (Å²) in [5.41, 5.74) is 6.93. The number of nitrogen functional groups attached to an aromatic ring is 1. The summed E-state index contributed by atoms with van der Waals surface area (Å²) in [5.74, 6) is 0. The van der Waals surface area contributed by atoms with Gasteiger partial charge >= 0.3 is 0 Å². The van der Waals surface area contributed by atoms with Crippen LogP contribution in [0, 0.1) is 0 Å². The van der Waals surface area contributed by atoms with E-state index in [1.165, 1.54) is 0 Å². The van der Waals surface area contributed by atoms with Gasteiger partial charge < -0.3 is 15.7 Å². The number of hydrogen-bond acceptors (Lipinski definition) is 4. The molecule has 1 unspecified atom stereocenters. The van der Waals surface area contributed by atoms with Crippen LogP contribution in [0.3, 0.4) is 0 Å². The van der Waals surface area contributed by atoms with Crippen LogP contribution in [0.5, 0.6) is 0 Å². The zero-order valence-electron chi connectivity index (χ0n) is 11.1. The standard InChI is InChI=1S/C13H23N3O/c1-5-13(6-2,16(3)4)12(17)10-9-15-8-7-11(10)14/h7-9,12,17H,5-6H2,1-4H3,(H2,14,15). The van der Waals surface area contributed by atoms with Crippen molar-refractivity contribution in [1.29, 1.82) is 0 Å². The average molecular weight is 237 g/mol. The lowest BCUT2D eigenvalue weighted by Gasteiger charge is -2.42. The fraction of sp³-hybridized carbons (Fsp3) is 0.615. The van der Waals surface area contributed by atoms with E-state index in [2.05, 4.69) is 23.7 Å². The lowest BCUT2D eigenvalue weighted by Crippen LogP contribution is -2.48. The lowest BCUT2D eigenvalue weighted by atomic mass is 9.81. The Hall–Kier alpha value is -1.13. The molecule has 96 valence electrons. The van der Waals surface area contributed by atoms with E-state index < -0.39 is 6.10 Å². The lowest BCUT2D eigenvalue weighted by molar-refractivity contribution is -0.0147. The fourth-order valence-electron chi connectivity index (χ4n) is 2.45. The van der Waals surface area contributed by atoms with Crippen molar-refractivity contribution in [2.24, 2.45) is 0 Å². The maximum atomic E-state index is 10.6. The van der Waals surface area contributed by atoms with E-state index in [9.17, 15) is 5.11 Å². The Morgan fingerprint density at radius 1 is 1.41 bits per heavy atom. The van der Waals surface area contributed by atoms with Crippen LogP contribution in [0.2, 0.25) is 0 Å². The van der Waals surface area contributed by atoms with Crippen LogP contribution in [0.1, 0.15) is 38.4 Å². The molecule has 0 aliphatic rings. The summed E-state index contributed by atoms with van der Waals surface area (Å²) in [5, 5.41) is 10.6. The van der Waals surface area contributed by atoms with Gasteiger partial charge in [0.2, 0.25) is 0 Å². The van der Waals surface area contributed by atoms with Crippen LogP contribution in [0.25, 0.3) is 0 Å². The molecule has 4 heteroatoms. The minimum atomic E-state index is -0.624. The maximum absolute atomic E-state index is 10.6. The molecule has 0 spiro atoms. The summed E-state index contributed by atoms with van der Waals surface area (Å²) in [7, 11) is 3.98. The molecule has 1 aromatic heterocycles. The highest BCUT2D eigenvalue weighted by molar-refractivity contribution is 5.46. The molecule has 1 aromatic rings. The predicted octanol–water partition coefficient (Wildman–Crippen LogP) is 1.82. The second-order valence-electron chi connectivity index (χ2n) is 4.61. The molecule has 0 radical (unpaired) electrons. The number of aliphatic hydroxyl groups excluding tert-OH is 1. The Morgan fingerprint density at radius 3 is 2.41 bits per heavy atom. The second kappa shape index (κ2) is 5.47. The summed E-state index contributed by atoms with van der Waals surface area (Å²) in [4.78, 5) is 6.12. The Morgan fingerprint density at radius 2 is 2.00 bits per heavy atom. The van der Waals surface area contributed by atoms with Crippen molar-refractivity contribution in [3.63, 3.8) is 0 Å². The fourth-order valence-corrected chi connectivity index (χ4v) is 2.45. The topological polar surface area (TPSA) is 62.4 Å². The first-order chi connectivity index (χ1) is 7.99. The molecule has 4 nitrogen and oxygen atoms in total. The number of pyridine rings is 1. The number of aromatic nitrogens is 1. The Balaban J connectivity index is 3.17. The molecule has 0 aromatic carbocycles. The molecule has 1 atom stereocenters. The van der Waals surface area contributed by atoms with Gasteiger partial charge in [-0.2, -0.15) is 0 Å². The van der Waals surface area contributed by atoms with E-state index in [0.717, 1.165) is 12.8 Å². The summed E-state index contributed by atoms with van der Waals surface area (Å²) < 4.78 is 0. The van der Waals surface area contributed by atoms with Crippen molar-refractivity contribution >= 4 is 5.69 Å². The molecule has 0 bridgehead atoms. The zero-order valence-corrected chi connectivity index (χ0v) is 11.1. The highest BCUT2D eigenvalue weighted by atomic mass is 16.3. The van der Waals surface area contributed by atoms with Crippen molar-refractivity contribution in [3.05, 3.63) is 24.0 Å². The molecule has 1 heterocycles. The van der Waals surface area contributed by atoms with Crippen LogP contribution >= 0.6 is 0 Å². The normalized spacial score (nSPS) is 14.0. The van der Waals surface area contributed by atoms with E-state index >= 15 is 0 Å². The molecule has 0 aliphatic heterocycles. The van der Waals surface area contributed by atoms with Gasteiger partial charge in [0.25, 0.3) is 0 Å². The predicted molar refractivity (Wildman–Crippen MR) is 70.6 cm³/mol. The minimum absolute atomic E-state index is 0.294. The van der Waals surface area contributed by atoms with Crippen molar-refractivity contribution in [3.8, 4) is 0 Å². The number of rotatable bonds is 5. The number of nitrogens with two attached hydrogens (primary N) is 1. The molecule has 0 fully saturated rings. The molecular weight excluding hydrogens is 214 g/mol. The quantitative estimate of drug-likeness (QED) is 0.820. The van der Waals surface area contributed by atoms with E-state index in [-0.39, 0.29) is 5.54 Å². The third kappa shape index (κ3) is 2.42. The third-order valence-electron chi connectivity index (χ3n) is 3.81. The molecule has 0 saturated heterocycles. The third-order valence-corrected chi connectivity index (χ3v) is 3.81. The van der Waals surface area contributed by atoms with Crippen LogP contribution in [-0.4, -0.2) is 34.6 Å². The number of likely N-dealkylation sites (N-methyl/N-ethyl adjacent to an activating group) is 1. The van der Waals surface area contributed by atoms with Gasteiger partial charge in [0.1, 0.15) is 6.10 Å². The molecule has 3 N–H and O–H groups in total. The van der Waals surface area contributed by atoms with Crippen LogP contribution in [-0.2, 0) is 0 Å². The maximum Gasteiger partial charge on any atom is 0.101 e. The van der Waals surface area contributed by atoms with Gasteiger partial charge in [0.15, 0.2) is 0 Å². The van der Waals surface area contributed by atoms with Crippen LogP contribution in [0.15, 0.2) is 18.5 Å². The van der Waals surface area contributed by atoms with Crippen LogP contribution < -0.4 is 5.73 Å². The highest BCUT2D eigenvalue weighted by Crippen LogP contribution is 2.37. The minimum Gasteiger partial charge on any atom is -0.398 e. The molecule has 0 aliphatic carbocycles. The number of hydrogen-bond donors (Lipinski definition) is 2. The molecule has 1 rings (SSSR count). The summed E-state index contributed by atoms with van der Waals surface area (Å²) in [6.07, 6.45) is 4.38. The number of nitrogens with zero attached hydrogens (tertiary/aromatic N) is 2. The van der Waals surface area contributed by atoms with E-state index in [1.807, 2.05) is 14.1 Å². The van der Waals surface area contributed by atoms with E-state index in [4.69, 9.17) is 5.73 Å². The molecule has 17 heavy (non-hydrogen) atoms. The van der Waals surface area contributed by atoms with Crippen LogP contribution in [0.4, 0.5) is 5.69 Å². The van der Waals surface area contributed by atoms with E-state index in [1.54, 1.807) is 18.5 Å². The van der Waals surface area contributed by atoms with Gasteiger partial charge in [-0.25, -0.2) is 0 Å². The Bertz CT molecular complexity index is 361. The monoisotopic (exact) mass is 237 g/mol. The Kier molecular flexibility index (Phi) is 4.48. The van der Waals surface area contributed by atoms with Crippen molar-refractivity contribution in [2.75, 3.05) is 19.8 Å². The first kappa shape index (κ1) is 13.9. The first-order valence-corrected chi connectivity index (χ1v) is 6.04. The molecule has 0 saturated carbocycles. The Labute approximate surface area is 103 Å². The zero-order chi connectivity index (χ0) is 13.1. The van der Waals surface area contributed by atoms with Gasteiger partial charge in [-0.15, -0.1) is 0 Å². The average Bonchev–Trinajstić information content (AvgIpc) is 2.31. The van der Waals surface area contributed by atoms with Crippen molar-refractivity contribution < 1.29 is 5.11 Å². The highest BCUT2D eigenvalue weighted by Gasteiger charge is 2.38. The summed E-state index contributed by atoms with van der Waals surface area (Å²) >= 11 is 0. The van der Waals surface area contributed by atoms with Crippen molar-refractivity contribution in [1.82, 2.24) is 9.88 Å². The van der Waals surface area contributed by atoms with Gasteiger partial charge in [-0.1, -0.05) is 13.8 Å². The molecular formula is C13H23N3O. The summed E-state index contributed by atoms with van der Waals surface area (Å²) in [6.45, 7) is 4.17. The number of anilines is 1. The number of aliphatic hydroxyl groups is 1. The largest absolute Gasteiger partial charge is 0.398 e. The van der Waals surface area contributed by atoms with Gasteiger partial charge in [0, 0.05) is 23.6 Å². The first-order valence-electron chi connectivity index (χ1n) is 6.04. The van der Waals surface area contributed by atoms with Gasteiger partial charge in [-0.3, -0.25) is 4.98 Å².